The maximum atomic E-state index is 13.9. The molecule has 5 heteroatoms. The lowest BCUT2D eigenvalue weighted by molar-refractivity contribution is 0.138. The molecule has 1 unspecified atom stereocenters. The Balaban J connectivity index is 2.88. The fraction of sp³-hybridized carbons (Fsp3) is 0.588. The van der Waals surface area contributed by atoms with Crippen molar-refractivity contribution in [3.63, 3.8) is 0 Å². The smallest absolute Gasteiger partial charge is 0.407 e. The molecule has 1 amide bonds. The molecular formula is C17H27FN2O2. The molecule has 4 nitrogen and oxygen atoms in total. The minimum Gasteiger partial charge on any atom is -0.453 e. The van der Waals surface area contributed by atoms with Gasteiger partial charge in [-0.25, -0.2) is 9.18 Å². The molecule has 124 valence electrons. The number of carbonyl (C=O) groups is 1. The van der Waals surface area contributed by atoms with E-state index >= 15 is 0 Å². The molecule has 0 aromatic heterocycles. The summed E-state index contributed by atoms with van der Waals surface area (Å²) in [6.07, 6.45) is -0.0636. The van der Waals surface area contributed by atoms with Gasteiger partial charge in [-0.2, -0.15) is 0 Å². The Bertz CT molecular complexity index is 469. The van der Waals surface area contributed by atoms with Crippen LogP contribution in [0.3, 0.4) is 0 Å². The highest BCUT2D eigenvalue weighted by atomic mass is 19.1. The molecule has 0 saturated carbocycles. The number of halogens is 1. The van der Waals surface area contributed by atoms with Crippen molar-refractivity contribution in [2.24, 2.45) is 0 Å². The Morgan fingerprint density at radius 3 is 2.32 bits per heavy atom. The highest BCUT2D eigenvalue weighted by Gasteiger charge is 2.22. The fourth-order valence-electron chi connectivity index (χ4n) is 2.59. The van der Waals surface area contributed by atoms with Gasteiger partial charge in [-0.1, -0.05) is 18.2 Å². The Kier molecular flexibility index (Phi) is 7.32. The lowest BCUT2D eigenvalue weighted by atomic mass is 10.0. The second-order valence-electron chi connectivity index (χ2n) is 6.01. The number of methoxy groups -OCH3 is 1. The number of ether oxygens (including phenoxy) is 1. The third kappa shape index (κ3) is 5.64. The number of hydrogen-bond donors (Lipinski definition) is 1. The van der Waals surface area contributed by atoms with Crippen molar-refractivity contribution in [1.82, 2.24) is 10.2 Å². The summed E-state index contributed by atoms with van der Waals surface area (Å²) in [5.41, 5.74) is 0.594. The van der Waals surface area contributed by atoms with Crippen LogP contribution in [0.4, 0.5) is 9.18 Å². The average Bonchev–Trinajstić information content (AvgIpc) is 2.45. The normalized spacial score (nSPS) is 12.8. The molecule has 0 heterocycles. The molecule has 22 heavy (non-hydrogen) atoms. The first kappa shape index (κ1) is 18.4. The molecule has 1 aromatic rings. The largest absolute Gasteiger partial charge is 0.453 e. The van der Waals surface area contributed by atoms with Gasteiger partial charge in [-0.15, -0.1) is 0 Å². The van der Waals surface area contributed by atoms with E-state index in [1.807, 2.05) is 0 Å². The van der Waals surface area contributed by atoms with Gasteiger partial charge in [0.25, 0.3) is 0 Å². The zero-order valence-corrected chi connectivity index (χ0v) is 14.1. The molecule has 0 aliphatic carbocycles. The third-order valence-corrected chi connectivity index (χ3v) is 3.69. The molecule has 0 radical (unpaired) electrons. The molecule has 1 rings (SSSR count). The van der Waals surface area contributed by atoms with Crippen LogP contribution in [0.2, 0.25) is 0 Å². The molecule has 0 bridgehead atoms. The van der Waals surface area contributed by atoms with Gasteiger partial charge in [0.1, 0.15) is 5.82 Å². The van der Waals surface area contributed by atoms with Crippen molar-refractivity contribution in [1.29, 1.82) is 0 Å². The molecule has 0 aliphatic rings. The zero-order valence-electron chi connectivity index (χ0n) is 14.1. The van der Waals surface area contributed by atoms with Gasteiger partial charge >= 0.3 is 6.09 Å². The van der Waals surface area contributed by atoms with Crippen molar-refractivity contribution < 1.29 is 13.9 Å². The standard InChI is InChI=1S/C17H27FN2O2/c1-12(2)20(13(3)4)11-15(19-17(21)22-5)10-14-8-6-7-9-16(14)18/h6-9,12-13,15H,10-11H2,1-5H3,(H,19,21). The summed E-state index contributed by atoms with van der Waals surface area (Å²) < 4.78 is 18.6. The Labute approximate surface area is 132 Å². The van der Waals surface area contributed by atoms with E-state index in [4.69, 9.17) is 0 Å². The third-order valence-electron chi connectivity index (χ3n) is 3.69. The van der Waals surface area contributed by atoms with E-state index in [0.29, 0.717) is 30.6 Å². The first-order chi connectivity index (χ1) is 10.3. The number of carbonyl (C=O) groups excluding carboxylic acids is 1. The summed E-state index contributed by atoms with van der Waals surface area (Å²) in [4.78, 5) is 13.8. The summed E-state index contributed by atoms with van der Waals surface area (Å²) >= 11 is 0. The topological polar surface area (TPSA) is 41.6 Å². The summed E-state index contributed by atoms with van der Waals surface area (Å²) in [6.45, 7) is 9.08. The number of hydrogen-bond acceptors (Lipinski definition) is 3. The maximum absolute atomic E-state index is 13.9. The van der Waals surface area contributed by atoms with Crippen LogP contribution in [0.1, 0.15) is 33.3 Å². The molecule has 1 atom stereocenters. The predicted molar refractivity (Wildman–Crippen MR) is 86.4 cm³/mol. The van der Waals surface area contributed by atoms with E-state index in [9.17, 15) is 9.18 Å². The van der Waals surface area contributed by atoms with Crippen LogP contribution in [0.15, 0.2) is 24.3 Å². The molecule has 0 aliphatic heterocycles. The summed E-state index contributed by atoms with van der Waals surface area (Å²) in [7, 11) is 1.33. The first-order valence-electron chi connectivity index (χ1n) is 7.68. The molecule has 0 fully saturated rings. The maximum Gasteiger partial charge on any atom is 0.407 e. The van der Waals surface area contributed by atoms with Gasteiger partial charge < -0.3 is 10.1 Å². The van der Waals surface area contributed by atoms with Gasteiger partial charge in [0.15, 0.2) is 0 Å². The lowest BCUT2D eigenvalue weighted by Crippen LogP contribution is -2.49. The summed E-state index contributed by atoms with van der Waals surface area (Å²) in [6, 6.07) is 7.11. The van der Waals surface area contributed by atoms with Gasteiger partial charge in [-0.3, -0.25) is 4.90 Å². The minimum atomic E-state index is -0.492. The minimum absolute atomic E-state index is 0.214. The van der Waals surface area contributed by atoms with E-state index in [1.165, 1.54) is 13.2 Å². The van der Waals surface area contributed by atoms with E-state index in [0.717, 1.165) is 0 Å². The van der Waals surface area contributed by atoms with E-state index in [-0.39, 0.29) is 11.9 Å². The van der Waals surface area contributed by atoms with Crippen LogP contribution in [-0.4, -0.2) is 42.8 Å². The van der Waals surface area contributed by atoms with Crippen molar-refractivity contribution in [3.8, 4) is 0 Å². The second-order valence-corrected chi connectivity index (χ2v) is 6.01. The summed E-state index contributed by atoms with van der Waals surface area (Å²) in [5.74, 6) is -0.250. The first-order valence-corrected chi connectivity index (χ1v) is 7.68. The Morgan fingerprint density at radius 1 is 1.23 bits per heavy atom. The molecule has 0 spiro atoms. The Morgan fingerprint density at radius 2 is 1.82 bits per heavy atom. The quantitative estimate of drug-likeness (QED) is 0.841. The van der Waals surface area contributed by atoms with Crippen LogP contribution in [0.5, 0.6) is 0 Å². The van der Waals surface area contributed by atoms with Crippen LogP contribution in [-0.2, 0) is 11.2 Å². The van der Waals surface area contributed by atoms with Gasteiger partial charge in [0.2, 0.25) is 0 Å². The van der Waals surface area contributed by atoms with E-state index < -0.39 is 6.09 Å². The van der Waals surface area contributed by atoms with Crippen LogP contribution in [0.25, 0.3) is 0 Å². The SMILES string of the molecule is COC(=O)NC(Cc1ccccc1F)CN(C(C)C)C(C)C. The van der Waals surface area contributed by atoms with E-state index in [1.54, 1.807) is 18.2 Å². The van der Waals surface area contributed by atoms with Crippen molar-refractivity contribution >= 4 is 6.09 Å². The van der Waals surface area contributed by atoms with Crippen molar-refractivity contribution in [2.45, 2.75) is 52.2 Å². The molecule has 1 aromatic carbocycles. The van der Waals surface area contributed by atoms with Crippen molar-refractivity contribution in [2.75, 3.05) is 13.7 Å². The molecular weight excluding hydrogens is 283 g/mol. The second kappa shape index (κ2) is 8.73. The van der Waals surface area contributed by atoms with Crippen LogP contribution < -0.4 is 5.32 Å². The van der Waals surface area contributed by atoms with Gasteiger partial charge in [0.05, 0.1) is 7.11 Å². The van der Waals surface area contributed by atoms with Gasteiger partial charge in [-0.05, 0) is 45.7 Å². The number of benzene rings is 1. The number of alkyl carbamates (subject to hydrolysis) is 1. The average molecular weight is 310 g/mol. The Hall–Kier alpha value is -1.62. The predicted octanol–water partition coefficient (Wildman–Crippen LogP) is 3.21. The highest BCUT2D eigenvalue weighted by Crippen LogP contribution is 2.13. The van der Waals surface area contributed by atoms with Gasteiger partial charge in [0, 0.05) is 24.7 Å². The highest BCUT2D eigenvalue weighted by molar-refractivity contribution is 5.67. The summed E-state index contributed by atoms with van der Waals surface area (Å²) in [5, 5.41) is 2.81. The van der Waals surface area contributed by atoms with Crippen LogP contribution in [0, 0.1) is 5.82 Å². The monoisotopic (exact) mass is 310 g/mol. The lowest BCUT2D eigenvalue weighted by Gasteiger charge is -2.34. The van der Waals surface area contributed by atoms with Crippen LogP contribution >= 0.6 is 0 Å². The fourth-order valence-corrected chi connectivity index (χ4v) is 2.59. The molecule has 0 saturated heterocycles. The number of nitrogens with one attached hydrogen (secondary N) is 1. The number of amides is 1. The van der Waals surface area contributed by atoms with E-state index in [2.05, 4.69) is 42.6 Å². The number of rotatable bonds is 7. The number of nitrogens with zero attached hydrogens (tertiary/aromatic N) is 1. The van der Waals surface area contributed by atoms with Crippen molar-refractivity contribution in [3.05, 3.63) is 35.6 Å². The zero-order chi connectivity index (χ0) is 16.7. The molecule has 1 N–H and O–H groups in total.